The van der Waals surface area contributed by atoms with Gasteiger partial charge in [0.05, 0.1) is 29.0 Å². The summed E-state index contributed by atoms with van der Waals surface area (Å²) in [6.45, 7) is 2.87. The number of carboxylic acid groups (broad SMARTS) is 1. The van der Waals surface area contributed by atoms with E-state index in [0.717, 1.165) is 4.90 Å². The Morgan fingerprint density at radius 2 is 1.48 bits per heavy atom. The van der Waals surface area contributed by atoms with Gasteiger partial charge in [-0.05, 0) is 56.5 Å². The van der Waals surface area contributed by atoms with Gasteiger partial charge >= 0.3 is 5.97 Å². The Labute approximate surface area is 314 Å². The van der Waals surface area contributed by atoms with Crippen LogP contribution >= 0.6 is 11.8 Å². The number of nitrogens with zero attached hydrogens (tertiary/aromatic N) is 2. The Morgan fingerprint density at radius 3 is 2.13 bits per heavy atom. The van der Waals surface area contributed by atoms with Gasteiger partial charge in [0, 0.05) is 24.4 Å². The van der Waals surface area contributed by atoms with Gasteiger partial charge in [0.1, 0.15) is 12.1 Å². The number of para-hydroxylation sites is 2. The zero-order valence-corrected chi connectivity index (χ0v) is 30.2. The van der Waals surface area contributed by atoms with E-state index in [2.05, 4.69) is 16.0 Å². The predicted octanol–water partition coefficient (Wildman–Crippen LogP) is 1.90. The van der Waals surface area contributed by atoms with Crippen LogP contribution in [0.5, 0.6) is 23.0 Å². The van der Waals surface area contributed by atoms with E-state index in [1.54, 1.807) is 44.2 Å². The molecule has 8 N–H and O–H groups in total. The normalized spacial score (nSPS) is 18.8. The molecule has 2 fully saturated rings. The maximum Gasteiger partial charge on any atom is 0.327 e. The summed E-state index contributed by atoms with van der Waals surface area (Å²) in [6.07, 6.45) is 0.553. The van der Waals surface area contributed by atoms with E-state index in [4.69, 9.17) is 0 Å². The molecule has 16 nitrogen and oxygen atoms in total. The van der Waals surface area contributed by atoms with Crippen LogP contribution in [0.2, 0.25) is 0 Å². The van der Waals surface area contributed by atoms with Crippen molar-refractivity contribution in [1.82, 2.24) is 25.8 Å². The number of unbranched alkanes of at least 4 members (excludes halogenated alkanes) is 1. The Kier molecular flexibility index (Phi) is 11.9. The number of phenols is 4. The van der Waals surface area contributed by atoms with E-state index in [0.29, 0.717) is 12.0 Å². The first-order valence-electron chi connectivity index (χ1n) is 17.1. The highest BCUT2D eigenvalue weighted by Gasteiger charge is 2.63. The van der Waals surface area contributed by atoms with Crippen LogP contribution in [0, 0.1) is 5.92 Å². The van der Waals surface area contributed by atoms with Crippen LogP contribution in [-0.4, -0.2) is 113 Å². The highest BCUT2D eigenvalue weighted by Crippen LogP contribution is 2.53. The molecule has 0 aromatic heterocycles. The van der Waals surface area contributed by atoms with Crippen LogP contribution in [0.25, 0.3) is 0 Å². The van der Waals surface area contributed by atoms with Gasteiger partial charge in [0.15, 0.2) is 23.0 Å². The van der Waals surface area contributed by atoms with Crippen molar-refractivity contribution in [2.45, 2.75) is 48.9 Å². The van der Waals surface area contributed by atoms with Gasteiger partial charge < -0.3 is 51.3 Å². The van der Waals surface area contributed by atoms with Crippen molar-refractivity contribution in [3.63, 3.8) is 0 Å². The maximum atomic E-state index is 13.6. The summed E-state index contributed by atoms with van der Waals surface area (Å²) >= 11 is 1.35. The molecule has 5 rings (SSSR count). The molecule has 17 heteroatoms. The van der Waals surface area contributed by atoms with E-state index in [1.165, 1.54) is 53.1 Å². The molecule has 0 radical (unpaired) electrons. The number of hydrogen-bond donors (Lipinski definition) is 8. The van der Waals surface area contributed by atoms with Crippen molar-refractivity contribution in [3.8, 4) is 23.0 Å². The van der Waals surface area contributed by atoms with E-state index in [9.17, 15) is 54.3 Å². The molecule has 0 saturated carbocycles. The lowest BCUT2D eigenvalue weighted by molar-refractivity contribution is -0.163. The number of aliphatic carboxylic acids is 1. The molecule has 5 amide bonds. The summed E-state index contributed by atoms with van der Waals surface area (Å²) in [6, 6.07) is 13.8. The van der Waals surface area contributed by atoms with Crippen LogP contribution in [0.15, 0.2) is 66.7 Å². The lowest BCUT2D eigenvalue weighted by Gasteiger charge is -2.43. The minimum atomic E-state index is -1.25. The number of nitrogens with one attached hydrogen (secondary N) is 3. The number of amides is 5. The van der Waals surface area contributed by atoms with Crippen molar-refractivity contribution in [2.75, 3.05) is 26.2 Å². The fraction of sp³-hybridized carbons (Fsp3) is 0.351. The molecule has 286 valence electrons. The smallest absolute Gasteiger partial charge is 0.327 e. The molecule has 0 spiro atoms. The molecule has 2 aliphatic rings. The Hall–Kier alpha value is -5.97. The number of thioether (sulfide) groups is 1. The topological polar surface area (TPSA) is 246 Å². The Balaban J connectivity index is 1.25. The molecule has 0 aliphatic carbocycles. The summed E-state index contributed by atoms with van der Waals surface area (Å²) < 4.78 is -0.741. The average Bonchev–Trinajstić information content (AvgIpc) is 3.39. The fourth-order valence-corrected chi connectivity index (χ4v) is 8.16. The van der Waals surface area contributed by atoms with Crippen molar-refractivity contribution in [2.24, 2.45) is 5.92 Å². The number of β-lactam (4-membered cyclic amide) rings is 1. The second-order valence-corrected chi connectivity index (χ2v) is 15.2. The molecular formula is C37H41N5O11S. The maximum absolute atomic E-state index is 13.6. The van der Waals surface area contributed by atoms with Gasteiger partial charge in [-0.25, -0.2) is 4.79 Å². The van der Waals surface area contributed by atoms with Crippen LogP contribution in [-0.2, 0) is 19.2 Å². The first-order chi connectivity index (χ1) is 25.6. The SMILES string of the molecule is CC1(C)SC2[C@H](CNC(=O)[C@H](NC(=O)CN(CCCCNC(=O)c3cccc(O)c3O)C(=O)c3cccc(O)c3O)c3ccccc3)C(=O)N2[C@H]1C(=O)O. The van der Waals surface area contributed by atoms with Gasteiger partial charge in [0.2, 0.25) is 17.7 Å². The van der Waals surface area contributed by atoms with Crippen molar-refractivity contribution in [3.05, 3.63) is 83.4 Å². The summed E-state index contributed by atoms with van der Waals surface area (Å²) in [5.74, 6) is -7.26. The third kappa shape index (κ3) is 8.30. The summed E-state index contributed by atoms with van der Waals surface area (Å²) in [5.41, 5.74) is 0.00340. The monoisotopic (exact) mass is 763 g/mol. The van der Waals surface area contributed by atoms with Crippen LogP contribution < -0.4 is 16.0 Å². The Morgan fingerprint density at radius 1 is 0.852 bits per heavy atom. The molecule has 4 atom stereocenters. The fourth-order valence-electron chi connectivity index (χ4n) is 6.48. The highest BCUT2D eigenvalue weighted by molar-refractivity contribution is 8.01. The molecule has 0 bridgehead atoms. The lowest BCUT2D eigenvalue weighted by Crippen LogP contribution is -2.65. The summed E-state index contributed by atoms with van der Waals surface area (Å²) in [4.78, 5) is 80.7. The molecule has 3 aromatic carbocycles. The number of phenolic OH excluding ortho intramolecular Hbond substituents is 4. The molecule has 1 unspecified atom stereocenters. The second-order valence-electron chi connectivity index (χ2n) is 13.4. The minimum Gasteiger partial charge on any atom is -0.504 e. The van der Waals surface area contributed by atoms with Crippen LogP contribution in [0.3, 0.4) is 0 Å². The van der Waals surface area contributed by atoms with E-state index in [-0.39, 0.29) is 37.2 Å². The van der Waals surface area contributed by atoms with Gasteiger partial charge in [-0.2, -0.15) is 0 Å². The van der Waals surface area contributed by atoms with Gasteiger partial charge in [-0.3, -0.25) is 24.0 Å². The van der Waals surface area contributed by atoms with Gasteiger partial charge in [-0.1, -0.05) is 42.5 Å². The molecule has 2 aliphatic heterocycles. The van der Waals surface area contributed by atoms with Crippen molar-refractivity contribution < 1.29 is 54.3 Å². The number of aromatic hydroxyl groups is 4. The average molecular weight is 764 g/mol. The van der Waals surface area contributed by atoms with Crippen LogP contribution in [0.4, 0.5) is 0 Å². The molecule has 2 heterocycles. The first-order valence-corrected chi connectivity index (χ1v) is 17.9. The van der Waals surface area contributed by atoms with E-state index in [1.807, 2.05) is 0 Å². The summed E-state index contributed by atoms with van der Waals surface area (Å²) in [5, 5.41) is 57.3. The summed E-state index contributed by atoms with van der Waals surface area (Å²) in [7, 11) is 0. The van der Waals surface area contributed by atoms with Crippen LogP contribution in [0.1, 0.15) is 59.0 Å². The van der Waals surface area contributed by atoms with E-state index < -0.39 is 93.2 Å². The predicted molar refractivity (Wildman–Crippen MR) is 195 cm³/mol. The molecule has 3 aromatic rings. The number of carbonyl (C=O) groups is 6. The molecular weight excluding hydrogens is 722 g/mol. The number of rotatable bonds is 15. The largest absolute Gasteiger partial charge is 0.504 e. The van der Waals surface area contributed by atoms with Gasteiger partial charge in [0.25, 0.3) is 11.8 Å². The van der Waals surface area contributed by atoms with Gasteiger partial charge in [-0.15, -0.1) is 11.8 Å². The zero-order chi connectivity index (χ0) is 39.3. The number of carboxylic acids is 1. The highest BCUT2D eigenvalue weighted by atomic mass is 32.2. The zero-order valence-electron chi connectivity index (χ0n) is 29.4. The third-order valence-electron chi connectivity index (χ3n) is 9.25. The van der Waals surface area contributed by atoms with Crippen molar-refractivity contribution in [1.29, 1.82) is 0 Å². The second kappa shape index (κ2) is 16.4. The number of fused-ring (bicyclic) bond motifs is 1. The minimum absolute atomic E-state index is 0.0518. The number of hydrogen-bond acceptors (Lipinski definition) is 11. The molecule has 54 heavy (non-hydrogen) atoms. The lowest BCUT2D eigenvalue weighted by atomic mass is 9.91. The molecule has 2 saturated heterocycles. The quantitative estimate of drug-likeness (QED) is 0.0629. The third-order valence-corrected chi connectivity index (χ3v) is 10.9. The number of benzene rings is 3. The van der Waals surface area contributed by atoms with Crippen molar-refractivity contribution >= 4 is 47.3 Å². The number of carbonyl (C=O) groups excluding carboxylic acids is 5. The first kappa shape index (κ1) is 39.2. The standard InChI is InChI=1S/C37H41N5O11S/c1-37(2)30(36(52)53)42-34(51)23(35(42)54-37)18-39-32(49)27(20-10-4-3-5-11-20)40-26(45)19-41(33(50)22-13-9-15-25(44)29(22)47)17-7-6-16-38-31(48)21-12-8-14-24(43)28(21)46/h3-5,8-15,23,27,30,35,43-44,46-47H,6-7,16-19H2,1-2H3,(H,38,48)(H,39,49)(H,40,45)(H,52,53)/t23-,27-,30+,35?/m1/s1. The Bertz CT molecular complexity index is 1940. The van der Waals surface area contributed by atoms with E-state index >= 15 is 0 Å².